The Morgan fingerprint density at radius 3 is 3.00 bits per heavy atom. The van der Waals surface area contributed by atoms with Crippen molar-refractivity contribution in [3.8, 4) is 0 Å². The fourth-order valence-electron chi connectivity index (χ4n) is 1.59. The van der Waals surface area contributed by atoms with E-state index in [9.17, 15) is 4.79 Å². The predicted octanol–water partition coefficient (Wildman–Crippen LogP) is 1.36. The molecule has 0 unspecified atom stereocenters. The number of nitrogens with one attached hydrogen (secondary N) is 2. The van der Waals surface area contributed by atoms with Crippen molar-refractivity contribution < 1.29 is 0 Å². The molecule has 0 amide bonds. The van der Waals surface area contributed by atoms with Gasteiger partial charge in [-0.2, -0.15) is 0 Å². The molecule has 0 saturated heterocycles. The molecule has 0 saturated carbocycles. The zero-order valence-corrected chi connectivity index (χ0v) is 11.0. The van der Waals surface area contributed by atoms with Crippen molar-refractivity contribution in [2.24, 2.45) is 4.99 Å². The summed E-state index contributed by atoms with van der Waals surface area (Å²) in [6.07, 6.45) is 0. The minimum atomic E-state index is -0.101. The van der Waals surface area contributed by atoms with E-state index in [1.807, 2.05) is 25.2 Å². The molecular formula is C12H14N4OS. The van der Waals surface area contributed by atoms with Gasteiger partial charge >= 0.3 is 0 Å². The quantitative estimate of drug-likeness (QED) is 0.633. The van der Waals surface area contributed by atoms with E-state index >= 15 is 0 Å². The number of amidine groups is 1. The number of aromatic nitrogens is 2. The van der Waals surface area contributed by atoms with Gasteiger partial charge in [-0.25, -0.2) is 4.98 Å². The molecule has 2 N–H and O–H groups in total. The number of aliphatic imine (C=N–C) groups is 1. The standard InChI is InChI=1S/C12H14N4OS/c1-13-12(14-2)18-7-10-15-9-6-4-3-5-8(9)11(17)16-10/h3-6H,7H2,1-2H3,(H,13,14)(H,15,16,17). The Morgan fingerprint density at radius 2 is 2.28 bits per heavy atom. The molecule has 0 atom stereocenters. The van der Waals surface area contributed by atoms with E-state index in [1.165, 1.54) is 11.8 Å². The van der Waals surface area contributed by atoms with Crippen molar-refractivity contribution in [2.75, 3.05) is 14.1 Å². The van der Waals surface area contributed by atoms with Crippen LogP contribution in [0.15, 0.2) is 34.1 Å². The number of para-hydroxylation sites is 1. The first kappa shape index (κ1) is 12.6. The van der Waals surface area contributed by atoms with E-state index in [1.54, 1.807) is 13.1 Å². The van der Waals surface area contributed by atoms with Crippen LogP contribution in [0, 0.1) is 0 Å². The molecule has 0 aliphatic heterocycles. The molecule has 2 aromatic rings. The Hall–Kier alpha value is -1.82. The lowest BCUT2D eigenvalue weighted by Crippen LogP contribution is -2.16. The largest absolute Gasteiger partial charge is 0.368 e. The first-order valence-corrected chi connectivity index (χ1v) is 6.48. The van der Waals surface area contributed by atoms with Crippen LogP contribution < -0.4 is 10.9 Å². The second-order valence-electron chi connectivity index (χ2n) is 3.60. The minimum Gasteiger partial charge on any atom is -0.368 e. The average molecular weight is 262 g/mol. The second-order valence-corrected chi connectivity index (χ2v) is 4.56. The molecule has 0 bridgehead atoms. The van der Waals surface area contributed by atoms with Gasteiger partial charge in [-0.05, 0) is 12.1 Å². The average Bonchev–Trinajstić information content (AvgIpc) is 2.40. The number of nitrogens with zero attached hydrogens (tertiary/aromatic N) is 2. The van der Waals surface area contributed by atoms with Crippen LogP contribution in [-0.2, 0) is 5.75 Å². The molecule has 1 aromatic heterocycles. The van der Waals surface area contributed by atoms with Gasteiger partial charge in [-0.1, -0.05) is 23.9 Å². The van der Waals surface area contributed by atoms with Crippen molar-refractivity contribution in [1.29, 1.82) is 0 Å². The lowest BCUT2D eigenvalue weighted by molar-refractivity contribution is 1.04. The van der Waals surface area contributed by atoms with Gasteiger partial charge in [-0.15, -0.1) is 0 Å². The molecule has 0 aliphatic rings. The Kier molecular flexibility index (Phi) is 3.99. The van der Waals surface area contributed by atoms with Gasteiger partial charge in [0.1, 0.15) is 5.82 Å². The topological polar surface area (TPSA) is 70.1 Å². The SMILES string of the molecule is CN=C(NC)SCc1nc2ccccc2c(=O)[nH]1. The molecule has 0 aliphatic carbocycles. The zero-order chi connectivity index (χ0) is 13.0. The van der Waals surface area contributed by atoms with E-state index in [0.717, 1.165) is 10.7 Å². The van der Waals surface area contributed by atoms with Gasteiger partial charge in [0.15, 0.2) is 5.17 Å². The third-order valence-electron chi connectivity index (χ3n) is 2.42. The summed E-state index contributed by atoms with van der Waals surface area (Å²) in [5, 5.41) is 4.39. The summed E-state index contributed by atoms with van der Waals surface area (Å²) in [5.74, 6) is 1.23. The lowest BCUT2D eigenvalue weighted by Gasteiger charge is -2.04. The summed E-state index contributed by atoms with van der Waals surface area (Å²) < 4.78 is 0. The maximum Gasteiger partial charge on any atom is 0.258 e. The number of aromatic amines is 1. The molecule has 18 heavy (non-hydrogen) atoms. The lowest BCUT2D eigenvalue weighted by atomic mass is 10.2. The van der Waals surface area contributed by atoms with Crippen LogP contribution in [-0.4, -0.2) is 29.2 Å². The number of benzene rings is 1. The van der Waals surface area contributed by atoms with Crippen LogP contribution >= 0.6 is 11.8 Å². The summed E-state index contributed by atoms with van der Waals surface area (Å²) in [7, 11) is 3.53. The van der Waals surface area contributed by atoms with Crippen LogP contribution in [0.5, 0.6) is 0 Å². The van der Waals surface area contributed by atoms with Crippen LogP contribution in [0.3, 0.4) is 0 Å². The van der Waals surface area contributed by atoms with Crippen LogP contribution in [0.25, 0.3) is 10.9 Å². The van der Waals surface area contributed by atoms with E-state index in [-0.39, 0.29) is 5.56 Å². The summed E-state index contributed by atoms with van der Waals surface area (Å²) in [6, 6.07) is 7.31. The molecule has 0 spiro atoms. The molecule has 0 fully saturated rings. The Bertz CT molecular complexity index is 635. The van der Waals surface area contributed by atoms with Gasteiger partial charge in [0.05, 0.1) is 16.7 Å². The maximum atomic E-state index is 11.8. The van der Waals surface area contributed by atoms with Gasteiger partial charge in [0.25, 0.3) is 5.56 Å². The molecule has 2 rings (SSSR count). The molecule has 5 nitrogen and oxygen atoms in total. The summed E-state index contributed by atoms with van der Waals surface area (Å²) >= 11 is 1.50. The Labute approximate surface area is 109 Å². The van der Waals surface area contributed by atoms with Crippen molar-refractivity contribution in [2.45, 2.75) is 5.75 Å². The molecule has 1 aromatic carbocycles. The summed E-state index contributed by atoms with van der Waals surface area (Å²) in [5.41, 5.74) is 0.618. The van der Waals surface area contributed by atoms with Gasteiger partial charge < -0.3 is 10.3 Å². The normalized spacial score (nSPS) is 11.8. The van der Waals surface area contributed by atoms with Crippen molar-refractivity contribution >= 4 is 27.8 Å². The van der Waals surface area contributed by atoms with Crippen molar-refractivity contribution in [3.63, 3.8) is 0 Å². The highest BCUT2D eigenvalue weighted by Gasteiger charge is 2.04. The molecular weight excluding hydrogens is 248 g/mol. The number of fused-ring (bicyclic) bond motifs is 1. The van der Waals surface area contributed by atoms with Gasteiger partial charge in [0.2, 0.25) is 0 Å². The molecule has 6 heteroatoms. The smallest absolute Gasteiger partial charge is 0.258 e. The van der Waals surface area contributed by atoms with E-state index < -0.39 is 0 Å². The Balaban J connectivity index is 2.27. The van der Waals surface area contributed by atoms with Crippen LogP contribution in [0.2, 0.25) is 0 Å². The highest BCUT2D eigenvalue weighted by atomic mass is 32.2. The predicted molar refractivity (Wildman–Crippen MR) is 76.1 cm³/mol. The summed E-state index contributed by atoms with van der Waals surface area (Å²) in [4.78, 5) is 23.1. The fourth-order valence-corrected chi connectivity index (χ4v) is 2.27. The second kappa shape index (κ2) is 5.68. The number of rotatable bonds is 2. The molecule has 0 radical (unpaired) electrons. The number of hydrogen-bond acceptors (Lipinski definition) is 4. The first-order valence-electron chi connectivity index (χ1n) is 5.50. The van der Waals surface area contributed by atoms with Crippen molar-refractivity contribution in [1.82, 2.24) is 15.3 Å². The number of hydrogen-bond donors (Lipinski definition) is 2. The van der Waals surface area contributed by atoms with E-state index in [0.29, 0.717) is 17.0 Å². The van der Waals surface area contributed by atoms with Gasteiger partial charge in [-0.3, -0.25) is 9.79 Å². The first-order chi connectivity index (χ1) is 8.74. The third kappa shape index (κ3) is 2.70. The molecule has 1 heterocycles. The fraction of sp³-hybridized carbons (Fsp3) is 0.250. The highest BCUT2D eigenvalue weighted by Crippen LogP contribution is 2.11. The highest BCUT2D eigenvalue weighted by molar-refractivity contribution is 8.13. The molecule has 94 valence electrons. The zero-order valence-electron chi connectivity index (χ0n) is 10.2. The maximum absolute atomic E-state index is 11.8. The summed E-state index contributed by atoms with van der Waals surface area (Å²) in [6.45, 7) is 0. The van der Waals surface area contributed by atoms with E-state index in [2.05, 4.69) is 20.3 Å². The monoisotopic (exact) mass is 262 g/mol. The van der Waals surface area contributed by atoms with Crippen LogP contribution in [0.1, 0.15) is 5.82 Å². The minimum absolute atomic E-state index is 0.101. The number of thioether (sulfide) groups is 1. The number of H-pyrrole nitrogens is 1. The van der Waals surface area contributed by atoms with Crippen LogP contribution in [0.4, 0.5) is 0 Å². The Morgan fingerprint density at radius 1 is 1.50 bits per heavy atom. The van der Waals surface area contributed by atoms with E-state index in [4.69, 9.17) is 0 Å². The van der Waals surface area contributed by atoms with Gasteiger partial charge in [0, 0.05) is 14.1 Å². The van der Waals surface area contributed by atoms with Crippen molar-refractivity contribution in [3.05, 3.63) is 40.4 Å². The third-order valence-corrected chi connectivity index (χ3v) is 3.50.